The molecule has 2 N–H and O–H groups in total. The average molecular weight is 363 g/mol. The van der Waals surface area contributed by atoms with E-state index >= 15 is 0 Å². The summed E-state index contributed by atoms with van der Waals surface area (Å²) in [5.74, 6) is -0.142. The Labute approximate surface area is 156 Å². The van der Waals surface area contributed by atoms with Crippen molar-refractivity contribution in [2.45, 2.75) is 26.4 Å². The molecule has 7 heteroatoms. The van der Waals surface area contributed by atoms with Crippen LogP contribution in [0.1, 0.15) is 23.7 Å². The average Bonchev–Trinajstić information content (AvgIpc) is 2.98. The van der Waals surface area contributed by atoms with Gasteiger partial charge in [0.25, 0.3) is 5.56 Å². The summed E-state index contributed by atoms with van der Waals surface area (Å²) in [5, 5.41) is 6.00. The molecule has 0 atom stereocenters. The minimum absolute atomic E-state index is 0.0222. The molecule has 0 radical (unpaired) electrons. The topological polar surface area (TPSA) is 83.0 Å². The van der Waals surface area contributed by atoms with E-state index in [4.69, 9.17) is 0 Å². The highest BCUT2D eigenvalue weighted by atomic mass is 16.1. The predicted octanol–water partition coefficient (Wildman–Crippen LogP) is 2.08. The molecule has 3 heterocycles. The number of rotatable bonds is 4. The minimum atomic E-state index is -0.142. The van der Waals surface area contributed by atoms with Gasteiger partial charge < -0.3 is 5.32 Å². The number of hydrogen-bond acceptors (Lipinski definition) is 4. The van der Waals surface area contributed by atoms with Gasteiger partial charge in [-0.2, -0.15) is 0 Å². The van der Waals surface area contributed by atoms with Gasteiger partial charge in [0, 0.05) is 50.2 Å². The van der Waals surface area contributed by atoms with Gasteiger partial charge in [-0.05, 0) is 36.2 Å². The largest absolute Gasteiger partial charge is 0.326 e. The Balaban J connectivity index is 1.58. The number of nitrogens with zero attached hydrogens (tertiary/aromatic N) is 3. The van der Waals surface area contributed by atoms with E-state index in [-0.39, 0.29) is 11.5 Å². The zero-order chi connectivity index (χ0) is 18.8. The molecule has 1 aliphatic rings. The summed E-state index contributed by atoms with van der Waals surface area (Å²) in [5.41, 5.74) is 4.29. The van der Waals surface area contributed by atoms with Crippen molar-refractivity contribution in [1.29, 1.82) is 0 Å². The van der Waals surface area contributed by atoms with Crippen molar-refractivity contribution >= 4 is 11.6 Å². The number of hydrogen-bond donors (Lipinski definition) is 2. The van der Waals surface area contributed by atoms with Crippen molar-refractivity contribution in [1.82, 2.24) is 19.7 Å². The van der Waals surface area contributed by atoms with Crippen LogP contribution in [0, 0.1) is 0 Å². The smallest absolute Gasteiger partial charge is 0.274 e. The normalized spacial score (nSPS) is 14.0. The summed E-state index contributed by atoms with van der Waals surface area (Å²) in [4.78, 5) is 30.6. The van der Waals surface area contributed by atoms with Gasteiger partial charge in [0.1, 0.15) is 0 Å². The Morgan fingerprint density at radius 2 is 2.19 bits per heavy atom. The lowest BCUT2D eigenvalue weighted by molar-refractivity contribution is -0.114. The SMILES string of the molecule is CC(=O)Nc1cccc(-n2[nH]c3c(c2=O)CCN(Cc2cccnc2)C3)c1. The molecular formula is C20H21N5O2. The number of pyridine rings is 1. The number of nitrogens with one attached hydrogen (secondary N) is 2. The molecule has 27 heavy (non-hydrogen) atoms. The lowest BCUT2D eigenvalue weighted by Gasteiger charge is -2.25. The summed E-state index contributed by atoms with van der Waals surface area (Å²) >= 11 is 0. The molecule has 0 spiro atoms. The van der Waals surface area contributed by atoms with Gasteiger partial charge in [-0.3, -0.25) is 24.6 Å². The fraction of sp³-hybridized carbons (Fsp3) is 0.250. The Morgan fingerprint density at radius 1 is 1.30 bits per heavy atom. The van der Waals surface area contributed by atoms with Gasteiger partial charge in [-0.15, -0.1) is 0 Å². The van der Waals surface area contributed by atoms with Crippen LogP contribution in [0.4, 0.5) is 5.69 Å². The number of H-pyrrole nitrogens is 1. The van der Waals surface area contributed by atoms with Crippen molar-refractivity contribution in [3.8, 4) is 5.69 Å². The van der Waals surface area contributed by atoms with E-state index in [2.05, 4.69) is 26.4 Å². The third kappa shape index (κ3) is 3.68. The van der Waals surface area contributed by atoms with Crippen LogP contribution in [0.25, 0.3) is 5.69 Å². The molecule has 1 amide bonds. The lowest BCUT2D eigenvalue weighted by Crippen LogP contribution is -2.31. The summed E-state index contributed by atoms with van der Waals surface area (Å²) in [7, 11) is 0. The fourth-order valence-corrected chi connectivity index (χ4v) is 3.47. The Morgan fingerprint density at radius 3 is 2.96 bits per heavy atom. The minimum Gasteiger partial charge on any atom is -0.326 e. The van der Waals surface area contributed by atoms with E-state index in [0.717, 1.165) is 29.9 Å². The third-order valence-electron chi connectivity index (χ3n) is 4.69. The van der Waals surface area contributed by atoms with E-state index in [9.17, 15) is 9.59 Å². The van der Waals surface area contributed by atoms with E-state index in [1.807, 2.05) is 24.4 Å². The van der Waals surface area contributed by atoms with Crippen LogP contribution in [0.5, 0.6) is 0 Å². The number of amides is 1. The zero-order valence-electron chi connectivity index (χ0n) is 15.1. The molecule has 4 rings (SSSR count). The summed E-state index contributed by atoms with van der Waals surface area (Å²) in [6.07, 6.45) is 4.35. The number of carbonyl (C=O) groups excluding carboxylic acids is 1. The maximum atomic E-state index is 12.8. The van der Waals surface area contributed by atoms with Crippen molar-refractivity contribution in [3.05, 3.63) is 76.0 Å². The second kappa shape index (κ2) is 7.20. The van der Waals surface area contributed by atoms with Crippen molar-refractivity contribution < 1.29 is 4.79 Å². The van der Waals surface area contributed by atoms with Gasteiger partial charge in [-0.1, -0.05) is 12.1 Å². The van der Waals surface area contributed by atoms with Crippen molar-refractivity contribution in [3.63, 3.8) is 0 Å². The highest BCUT2D eigenvalue weighted by molar-refractivity contribution is 5.88. The molecule has 3 aromatic rings. The highest BCUT2D eigenvalue weighted by Crippen LogP contribution is 2.19. The number of carbonyl (C=O) groups is 1. The monoisotopic (exact) mass is 363 g/mol. The number of aromatic amines is 1. The number of anilines is 1. The molecule has 0 fully saturated rings. The van der Waals surface area contributed by atoms with Crippen molar-refractivity contribution in [2.24, 2.45) is 0 Å². The summed E-state index contributed by atoms with van der Waals surface area (Å²) < 4.78 is 1.56. The fourth-order valence-electron chi connectivity index (χ4n) is 3.47. The number of fused-ring (bicyclic) bond motifs is 1. The molecule has 0 aliphatic carbocycles. The molecular weight excluding hydrogens is 342 g/mol. The predicted molar refractivity (Wildman–Crippen MR) is 103 cm³/mol. The molecule has 0 bridgehead atoms. The van der Waals surface area contributed by atoms with Gasteiger partial charge in [0.2, 0.25) is 5.91 Å². The van der Waals surface area contributed by atoms with E-state index in [0.29, 0.717) is 24.3 Å². The molecule has 138 valence electrons. The van der Waals surface area contributed by atoms with E-state index in [1.54, 1.807) is 23.0 Å². The summed E-state index contributed by atoms with van der Waals surface area (Å²) in [6.45, 7) is 3.79. The first kappa shape index (κ1) is 17.2. The van der Waals surface area contributed by atoms with Crippen LogP contribution in [-0.4, -0.2) is 32.1 Å². The van der Waals surface area contributed by atoms with E-state index in [1.165, 1.54) is 6.92 Å². The van der Waals surface area contributed by atoms with E-state index < -0.39 is 0 Å². The first-order valence-corrected chi connectivity index (χ1v) is 8.92. The van der Waals surface area contributed by atoms with Gasteiger partial charge in [0.15, 0.2) is 0 Å². The first-order chi connectivity index (χ1) is 13.1. The van der Waals surface area contributed by atoms with Crippen LogP contribution in [0.15, 0.2) is 53.6 Å². The van der Waals surface area contributed by atoms with Crippen LogP contribution in [0.3, 0.4) is 0 Å². The third-order valence-corrected chi connectivity index (χ3v) is 4.69. The highest BCUT2D eigenvalue weighted by Gasteiger charge is 2.23. The molecule has 2 aromatic heterocycles. The Bertz CT molecular complexity index is 1020. The second-order valence-electron chi connectivity index (χ2n) is 6.76. The maximum absolute atomic E-state index is 12.8. The Hall–Kier alpha value is -3.19. The van der Waals surface area contributed by atoms with Crippen molar-refractivity contribution in [2.75, 3.05) is 11.9 Å². The van der Waals surface area contributed by atoms with Gasteiger partial charge in [-0.25, -0.2) is 4.68 Å². The molecule has 0 unspecified atom stereocenters. The molecule has 1 aromatic carbocycles. The lowest BCUT2D eigenvalue weighted by atomic mass is 10.1. The van der Waals surface area contributed by atoms with Crippen LogP contribution < -0.4 is 10.9 Å². The summed E-state index contributed by atoms with van der Waals surface area (Å²) in [6, 6.07) is 11.3. The molecule has 7 nitrogen and oxygen atoms in total. The number of benzene rings is 1. The Kier molecular flexibility index (Phi) is 4.60. The zero-order valence-corrected chi connectivity index (χ0v) is 15.1. The molecule has 0 saturated carbocycles. The quantitative estimate of drug-likeness (QED) is 0.743. The van der Waals surface area contributed by atoms with Gasteiger partial charge in [0.05, 0.1) is 11.4 Å². The number of aromatic nitrogens is 3. The van der Waals surface area contributed by atoms with Crippen LogP contribution >= 0.6 is 0 Å². The first-order valence-electron chi connectivity index (χ1n) is 8.92. The molecule has 0 saturated heterocycles. The molecule has 1 aliphatic heterocycles. The van der Waals surface area contributed by atoms with Crippen LogP contribution in [0.2, 0.25) is 0 Å². The van der Waals surface area contributed by atoms with Gasteiger partial charge >= 0.3 is 0 Å². The maximum Gasteiger partial charge on any atom is 0.274 e. The second-order valence-corrected chi connectivity index (χ2v) is 6.76. The van der Waals surface area contributed by atoms with Crippen LogP contribution in [-0.2, 0) is 24.3 Å². The standard InChI is InChI=1S/C20H21N5O2/c1-14(26)22-16-5-2-6-17(10-16)25-20(27)18-7-9-24(13-19(18)23-25)12-15-4-3-8-21-11-15/h2-6,8,10-11,23H,7,9,12-13H2,1H3,(H,22,26).